The van der Waals surface area contributed by atoms with Gasteiger partial charge >= 0.3 is 0 Å². The smallest absolute Gasteiger partial charge is 0.268 e. The van der Waals surface area contributed by atoms with Gasteiger partial charge < -0.3 is 5.11 Å². The molecule has 0 fully saturated rings. The van der Waals surface area contributed by atoms with Crippen LogP contribution in [-0.2, 0) is 0 Å². The van der Waals surface area contributed by atoms with Crippen LogP contribution in [0.2, 0.25) is 0 Å². The summed E-state index contributed by atoms with van der Waals surface area (Å²) in [5.74, 6) is 0.208. The number of hydrogen-bond donors (Lipinski definition) is 1. The first kappa shape index (κ1) is 12.7. The quantitative estimate of drug-likeness (QED) is 0.853. The highest BCUT2D eigenvalue weighted by molar-refractivity contribution is 8.00. The number of phenolic OH excluding ortho intramolecular Hbond substituents is 1. The third-order valence-corrected chi connectivity index (χ3v) is 3.82. The summed E-state index contributed by atoms with van der Waals surface area (Å²) in [6.45, 7) is 0. The molecule has 0 spiro atoms. The molecule has 1 N–H and O–H groups in total. The molecule has 0 bridgehead atoms. The van der Waals surface area contributed by atoms with Gasteiger partial charge in [-0.2, -0.15) is 0 Å². The minimum Gasteiger partial charge on any atom is -0.508 e. The van der Waals surface area contributed by atoms with E-state index in [1.165, 1.54) is 18.0 Å². The van der Waals surface area contributed by atoms with Crippen LogP contribution in [0.1, 0.15) is 15.9 Å². The number of hydrogen-bond acceptors (Lipinski definition) is 5. The normalized spacial score (nSPS) is 13.9. The molecule has 1 aromatic heterocycles. The molecule has 2 aromatic rings. The van der Waals surface area contributed by atoms with Crippen LogP contribution < -0.4 is 5.56 Å². The highest BCUT2D eigenvalue weighted by Gasteiger charge is 2.22. The maximum absolute atomic E-state index is 12.1. The molecule has 1 aromatic carbocycles. The number of nitrogens with zero attached hydrogens (tertiary/aromatic N) is 2. The van der Waals surface area contributed by atoms with Crippen molar-refractivity contribution in [3.63, 3.8) is 0 Å². The van der Waals surface area contributed by atoms with Crippen molar-refractivity contribution in [1.29, 1.82) is 0 Å². The monoisotopic (exact) mass is 286 g/mol. The van der Waals surface area contributed by atoms with Crippen molar-refractivity contribution in [1.82, 2.24) is 9.55 Å². The van der Waals surface area contributed by atoms with E-state index in [0.29, 0.717) is 10.7 Å². The molecule has 0 atom stereocenters. The van der Waals surface area contributed by atoms with Crippen LogP contribution in [0, 0.1) is 0 Å². The second kappa shape index (κ2) is 4.97. The molecule has 0 aliphatic carbocycles. The number of thioether (sulfide) groups is 1. The molecule has 3 rings (SSSR count). The van der Waals surface area contributed by atoms with Gasteiger partial charge in [-0.05, 0) is 23.8 Å². The Labute approximate surface area is 118 Å². The number of fused-ring (bicyclic) bond motifs is 1. The zero-order valence-corrected chi connectivity index (χ0v) is 11.1. The molecule has 5 nitrogen and oxygen atoms in total. The van der Waals surface area contributed by atoms with Crippen LogP contribution >= 0.6 is 11.8 Å². The molecule has 1 aliphatic heterocycles. The van der Waals surface area contributed by atoms with Gasteiger partial charge in [-0.3, -0.25) is 9.59 Å². The van der Waals surface area contributed by atoms with Crippen molar-refractivity contribution in [2.75, 3.05) is 5.75 Å². The lowest BCUT2D eigenvalue weighted by molar-refractivity contribution is 0.0933. The van der Waals surface area contributed by atoms with Crippen molar-refractivity contribution in [2.45, 2.75) is 5.16 Å². The van der Waals surface area contributed by atoms with Crippen LogP contribution in [0.4, 0.5) is 0 Å². The molecule has 0 amide bonds. The SMILES string of the molecule is O=C1CSc2ncc(/C=C/c3ccc(O)cc3)c(=O)n21. The van der Waals surface area contributed by atoms with Gasteiger partial charge in [-0.15, -0.1) is 0 Å². The summed E-state index contributed by atoms with van der Waals surface area (Å²) in [5, 5.41) is 9.64. The summed E-state index contributed by atoms with van der Waals surface area (Å²) in [7, 11) is 0. The zero-order valence-electron chi connectivity index (χ0n) is 10.3. The van der Waals surface area contributed by atoms with E-state index >= 15 is 0 Å². The first-order valence-electron chi connectivity index (χ1n) is 5.90. The average molecular weight is 286 g/mol. The molecule has 6 heteroatoms. The number of rotatable bonds is 2. The highest BCUT2D eigenvalue weighted by Crippen LogP contribution is 2.21. The average Bonchev–Trinajstić information content (AvgIpc) is 2.82. The Morgan fingerprint density at radius 2 is 1.95 bits per heavy atom. The third-order valence-electron chi connectivity index (χ3n) is 2.88. The Morgan fingerprint density at radius 1 is 1.20 bits per heavy atom. The fraction of sp³-hybridized carbons (Fsp3) is 0.0714. The summed E-state index contributed by atoms with van der Waals surface area (Å²) in [6.07, 6.45) is 4.82. The Balaban J connectivity index is 1.96. The van der Waals surface area contributed by atoms with E-state index < -0.39 is 0 Å². The van der Waals surface area contributed by atoms with Crippen molar-refractivity contribution in [3.05, 3.63) is 51.9 Å². The largest absolute Gasteiger partial charge is 0.508 e. The second-order valence-corrected chi connectivity index (χ2v) is 5.19. The summed E-state index contributed by atoms with van der Waals surface area (Å²) in [4.78, 5) is 27.9. The number of carbonyl (C=O) groups is 1. The molecule has 20 heavy (non-hydrogen) atoms. The second-order valence-electron chi connectivity index (χ2n) is 4.24. The highest BCUT2D eigenvalue weighted by atomic mass is 32.2. The van der Waals surface area contributed by atoms with Gasteiger partial charge in [0.2, 0.25) is 5.91 Å². The molecular weight excluding hydrogens is 276 g/mol. The van der Waals surface area contributed by atoms with Crippen molar-refractivity contribution in [2.24, 2.45) is 0 Å². The van der Waals surface area contributed by atoms with Gasteiger partial charge in [-0.25, -0.2) is 9.55 Å². The van der Waals surface area contributed by atoms with E-state index in [0.717, 1.165) is 10.1 Å². The number of benzene rings is 1. The molecule has 0 saturated carbocycles. The Morgan fingerprint density at radius 3 is 2.70 bits per heavy atom. The predicted molar refractivity (Wildman–Crippen MR) is 76.9 cm³/mol. The van der Waals surface area contributed by atoms with Crippen LogP contribution in [-0.4, -0.2) is 26.3 Å². The van der Waals surface area contributed by atoms with E-state index in [4.69, 9.17) is 0 Å². The number of aromatic nitrogens is 2. The molecule has 2 heterocycles. The summed E-state index contributed by atoms with van der Waals surface area (Å²) in [5.41, 5.74) is 0.853. The Hall–Kier alpha value is -2.34. The number of aromatic hydroxyl groups is 1. The Bertz CT molecular complexity index is 763. The van der Waals surface area contributed by atoms with Crippen LogP contribution in [0.15, 0.2) is 40.4 Å². The fourth-order valence-corrected chi connectivity index (χ4v) is 2.67. The van der Waals surface area contributed by atoms with Gasteiger partial charge in [-0.1, -0.05) is 30.0 Å². The topological polar surface area (TPSA) is 72.2 Å². The molecular formula is C14H10N2O3S. The molecule has 0 saturated heterocycles. The standard InChI is InChI=1S/C14H10N2O3S/c17-11-5-2-9(3-6-11)1-4-10-7-15-14-16(13(10)19)12(18)8-20-14/h1-7,17H,8H2/b4-1+. The van der Waals surface area contributed by atoms with Crippen LogP contribution in [0.25, 0.3) is 12.2 Å². The van der Waals surface area contributed by atoms with Gasteiger partial charge in [0, 0.05) is 6.20 Å². The van der Waals surface area contributed by atoms with Gasteiger partial charge in [0.15, 0.2) is 5.16 Å². The van der Waals surface area contributed by atoms with Crippen molar-refractivity contribution < 1.29 is 9.90 Å². The summed E-state index contributed by atoms with van der Waals surface area (Å²) in [6, 6.07) is 6.58. The third kappa shape index (κ3) is 2.25. The Kier molecular flexibility index (Phi) is 3.15. The molecule has 1 aliphatic rings. The van der Waals surface area contributed by atoms with Gasteiger partial charge in [0.1, 0.15) is 5.75 Å². The van der Waals surface area contributed by atoms with Crippen LogP contribution in [0.5, 0.6) is 5.75 Å². The van der Waals surface area contributed by atoms with Crippen LogP contribution in [0.3, 0.4) is 0 Å². The predicted octanol–water partition coefficient (Wildman–Crippen LogP) is 1.87. The molecule has 0 radical (unpaired) electrons. The summed E-state index contributed by atoms with van der Waals surface area (Å²) >= 11 is 1.27. The van der Waals surface area contributed by atoms with E-state index in [2.05, 4.69) is 4.98 Å². The van der Waals surface area contributed by atoms with E-state index in [-0.39, 0.29) is 23.0 Å². The lowest BCUT2D eigenvalue weighted by Crippen LogP contribution is -2.27. The number of phenols is 1. The molecule has 0 unspecified atom stereocenters. The van der Waals surface area contributed by atoms with Gasteiger partial charge in [0.05, 0.1) is 11.3 Å². The van der Waals surface area contributed by atoms with E-state index in [1.54, 1.807) is 36.4 Å². The zero-order chi connectivity index (χ0) is 14.1. The first-order valence-corrected chi connectivity index (χ1v) is 6.89. The number of carbonyl (C=O) groups excluding carboxylic acids is 1. The minimum atomic E-state index is -0.347. The molecule has 100 valence electrons. The lowest BCUT2D eigenvalue weighted by atomic mass is 10.2. The van der Waals surface area contributed by atoms with E-state index in [9.17, 15) is 14.7 Å². The maximum Gasteiger partial charge on any atom is 0.268 e. The maximum atomic E-state index is 12.1. The summed E-state index contributed by atoms with van der Waals surface area (Å²) < 4.78 is 1.11. The van der Waals surface area contributed by atoms with E-state index in [1.807, 2.05) is 0 Å². The lowest BCUT2D eigenvalue weighted by Gasteiger charge is -2.00. The minimum absolute atomic E-state index is 0.184. The van der Waals surface area contributed by atoms with Crippen molar-refractivity contribution >= 4 is 29.8 Å². The van der Waals surface area contributed by atoms with Gasteiger partial charge in [0.25, 0.3) is 5.56 Å². The fourth-order valence-electron chi connectivity index (χ4n) is 1.85. The van der Waals surface area contributed by atoms with Crippen molar-refractivity contribution in [3.8, 4) is 5.75 Å². The first-order chi connectivity index (χ1) is 9.65.